The van der Waals surface area contributed by atoms with Gasteiger partial charge in [0.2, 0.25) is 0 Å². The molecule has 22 heavy (non-hydrogen) atoms. The largest absolute Gasteiger partial charge is 0.399 e. The zero-order chi connectivity index (χ0) is 15.4. The Kier molecular flexibility index (Phi) is 4.05. The SMILES string of the molecule is Nc1cccc(C(=O)NCCc2cccc3ccccc23)c1. The smallest absolute Gasteiger partial charge is 0.251 e. The summed E-state index contributed by atoms with van der Waals surface area (Å²) in [6.07, 6.45) is 0.801. The number of rotatable bonds is 4. The molecule has 0 heterocycles. The van der Waals surface area contributed by atoms with Crippen molar-refractivity contribution in [3.05, 3.63) is 77.9 Å². The Morgan fingerprint density at radius 1 is 0.955 bits per heavy atom. The molecular formula is C19H18N2O. The third-order valence-electron chi connectivity index (χ3n) is 3.71. The van der Waals surface area contributed by atoms with Gasteiger partial charge in [-0.15, -0.1) is 0 Å². The van der Waals surface area contributed by atoms with Crippen molar-refractivity contribution in [2.45, 2.75) is 6.42 Å². The molecule has 0 aliphatic carbocycles. The predicted molar refractivity (Wildman–Crippen MR) is 90.8 cm³/mol. The Hall–Kier alpha value is -2.81. The molecule has 0 bridgehead atoms. The highest BCUT2D eigenvalue weighted by molar-refractivity contribution is 5.95. The maximum absolute atomic E-state index is 12.1. The van der Waals surface area contributed by atoms with Gasteiger partial charge in [0.15, 0.2) is 0 Å². The van der Waals surface area contributed by atoms with Crippen LogP contribution in [0.3, 0.4) is 0 Å². The summed E-state index contributed by atoms with van der Waals surface area (Å²) in [5, 5.41) is 5.41. The van der Waals surface area contributed by atoms with Crippen LogP contribution in [0.2, 0.25) is 0 Å². The predicted octanol–water partition coefficient (Wildman–Crippen LogP) is 3.39. The summed E-state index contributed by atoms with van der Waals surface area (Å²) in [4.78, 5) is 12.1. The second-order valence-electron chi connectivity index (χ2n) is 5.27. The molecule has 3 heteroatoms. The fraction of sp³-hybridized carbons (Fsp3) is 0.105. The second kappa shape index (κ2) is 6.31. The number of fused-ring (bicyclic) bond motifs is 1. The van der Waals surface area contributed by atoms with Gasteiger partial charge in [-0.2, -0.15) is 0 Å². The van der Waals surface area contributed by atoms with Gasteiger partial charge < -0.3 is 11.1 Å². The number of nitrogens with one attached hydrogen (secondary N) is 1. The van der Waals surface area contributed by atoms with Gasteiger partial charge in [-0.1, -0.05) is 48.5 Å². The molecule has 0 aliphatic heterocycles. The number of nitrogens with two attached hydrogens (primary N) is 1. The van der Waals surface area contributed by atoms with Crippen molar-refractivity contribution in [3.8, 4) is 0 Å². The number of hydrogen-bond acceptors (Lipinski definition) is 2. The Labute approximate surface area is 129 Å². The number of amides is 1. The lowest BCUT2D eigenvalue weighted by atomic mass is 10.0. The molecule has 3 N–H and O–H groups in total. The Bertz CT molecular complexity index is 806. The fourth-order valence-electron chi connectivity index (χ4n) is 2.60. The summed E-state index contributed by atoms with van der Waals surface area (Å²) in [6.45, 7) is 0.599. The van der Waals surface area contributed by atoms with Gasteiger partial charge >= 0.3 is 0 Å². The Balaban J connectivity index is 1.66. The van der Waals surface area contributed by atoms with E-state index in [1.165, 1.54) is 16.3 Å². The van der Waals surface area contributed by atoms with Crippen LogP contribution >= 0.6 is 0 Å². The standard InChI is InChI=1S/C19H18N2O/c20-17-9-4-8-16(13-17)19(22)21-12-11-15-7-3-6-14-5-1-2-10-18(14)15/h1-10,13H,11-12,20H2,(H,21,22). The highest BCUT2D eigenvalue weighted by Gasteiger charge is 2.06. The zero-order valence-corrected chi connectivity index (χ0v) is 12.3. The van der Waals surface area contributed by atoms with Crippen molar-refractivity contribution in [1.29, 1.82) is 0 Å². The van der Waals surface area contributed by atoms with Gasteiger partial charge in [0, 0.05) is 17.8 Å². The normalized spacial score (nSPS) is 10.5. The second-order valence-corrected chi connectivity index (χ2v) is 5.27. The van der Waals surface area contributed by atoms with Crippen molar-refractivity contribution in [1.82, 2.24) is 5.32 Å². The van der Waals surface area contributed by atoms with E-state index < -0.39 is 0 Å². The van der Waals surface area contributed by atoms with E-state index >= 15 is 0 Å². The van der Waals surface area contributed by atoms with Crippen LogP contribution in [0.25, 0.3) is 10.8 Å². The molecule has 0 fully saturated rings. The first kappa shape index (κ1) is 14.1. The minimum absolute atomic E-state index is 0.0902. The number of anilines is 1. The van der Waals surface area contributed by atoms with E-state index in [-0.39, 0.29) is 5.91 Å². The monoisotopic (exact) mass is 290 g/mol. The fourth-order valence-corrected chi connectivity index (χ4v) is 2.60. The van der Waals surface area contributed by atoms with E-state index in [0.29, 0.717) is 17.8 Å². The number of hydrogen-bond donors (Lipinski definition) is 2. The van der Waals surface area contributed by atoms with Gasteiger partial charge in [0.05, 0.1) is 0 Å². The van der Waals surface area contributed by atoms with Gasteiger partial charge in [-0.3, -0.25) is 4.79 Å². The first-order valence-corrected chi connectivity index (χ1v) is 7.34. The van der Waals surface area contributed by atoms with Crippen LogP contribution in [-0.4, -0.2) is 12.5 Å². The topological polar surface area (TPSA) is 55.1 Å². The highest BCUT2D eigenvalue weighted by atomic mass is 16.1. The molecule has 0 radical (unpaired) electrons. The molecule has 3 aromatic carbocycles. The third-order valence-corrected chi connectivity index (χ3v) is 3.71. The van der Waals surface area contributed by atoms with E-state index in [1.54, 1.807) is 24.3 Å². The molecular weight excluding hydrogens is 272 g/mol. The van der Waals surface area contributed by atoms with E-state index in [4.69, 9.17) is 5.73 Å². The number of carbonyl (C=O) groups excluding carboxylic acids is 1. The van der Waals surface area contributed by atoms with Crippen molar-refractivity contribution in [2.24, 2.45) is 0 Å². The third kappa shape index (κ3) is 3.09. The molecule has 0 atom stereocenters. The van der Waals surface area contributed by atoms with Crippen molar-refractivity contribution >= 4 is 22.4 Å². The molecule has 110 valence electrons. The molecule has 0 aromatic heterocycles. The van der Waals surface area contributed by atoms with Crippen LogP contribution in [0, 0.1) is 0 Å². The first-order chi connectivity index (χ1) is 10.7. The average molecular weight is 290 g/mol. The molecule has 3 nitrogen and oxygen atoms in total. The maximum Gasteiger partial charge on any atom is 0.251 e. The summed E-state index contributed by atoms with van der Waals surface area (Å²) in [7, 11) is 0. The van der Waals surface area contributed by atoms with E-state index in [1.807, 2.05) is 12.1 Å². The minimum atomic E-state index is -0.0902. The van der Waals surface area contributed by atoms with Gasteiger partial charge in [0.1, 0.15) is 0 Å². The summed E-state index contributed by atoms with van der Waals surface area (Å²) in [5.41, 5.74) is 8.13. The van der Waals surface area contributed by atoms with Crippen molar-refractivity contribution in [3.63, 3.8) is 0 Å². The van der Waals surface area contributed by atoms with E-state index in [0.717, 1.165) is 6.42 Å². The summed E-state index contributed by atoms with van der Waals surface area (Å²) in [6, 6.07) is 21.6. The number of nitrogen functional groups attached to an aromatic ring is 1. The molecule has 1 amide bonds. The minimum Gasteiger partial charge on any atom is -0.399 e. The lowest BCUT2D eigenvalue weighted by Crippen LogP contribution is -2.25. The molecule has 3 aromatic rings. The van der Waals surface area contributed by atoms with Crippen LogP contribution in [0.5, 0.6) is 0 Å². The number of benzene rings is 3. The van der Waals surface area contributed by atoms with Crippen LogP contribution in [0.1, 0.15) is 15.9 Å². The van der Waals surface area contributed by atoms with Crippen LogP contribution in [-0.2, 0) is 6.42 Å². The molecule has 0 aliphatic rings. The lowest BCUT2D eigenvalue weighted by molar-refractivity contribution is 0.0954. The molecule has 0 spiro atoms. The molecule has 0 saturated heterocycles. The first-order valence-electron chi connectivity index (χ1n) is 7.34. The number of carbonyl (C=O) groups is 1. The quantitative estimate of drug-likeness (QED) is 0.724. The average Bonchev–Trinajstić information content (AvgIpc) is 2.55. The van der Waals surface area contributed by atoms with E-state index in [9.17, 15) is 4.79 Å². The van der Waals surface area contributed by atoms with Crippen LogP contribution < -0.4 is 11.1 Å². The van der Waals surface area contributed by atoms with E-state index in [2.05, 4.69) is 35.6 Å². The van der Waals surface area contributed by atoms with Crippen molar-refractivity contribution in [2.75, 3.05) is 12.3 Å². The zero-order valence-electron chi connectivity index (χ0n) is 12.3. The molecule has 0 saturated carbocycles. The summed E-state index contributed by atoms with van der Waals surface area (Å²) in [5.74, 6) is -0.0902. The maximum atomic E-state index is 12.1. The van der Waals surface area contributed by atoms with Crippen LogP contribution in [0.4, 0.5) is 5.69 Å². The Morgan fingerprint density at radius 3 is 2.59 bits per heavy atom. The molecule has 0 unspecified atom stereocenters. The van der Waals surface area contributed by atoms with Gasteiger partial charge in [-0.05, 0) is 41.0 Å². The summed E-state index contributed by atoms with van der Waals surface area (Å²) >= 11 is 0. The van der Waals surface area contributed by atoms with Gasteiger partial charge in [0.25, 0.3) is 5.91 Å². The Morgan fingerprint density at radius 2 is 1.73 bits per heavy atom. The highest BCUT2D eigenvalue weighted by Crippen LogP contribution is 2.18. The van der Waals surface area contributed by atoms with Gasteiger partial charge in [-0.25, -0.2) is 0 Å². The lowest BCUT2D eigenvalue weighted by Gasteiger charge is -2.08. The summed E-state index contributed by atoms with van der Waals surface area (Å²) < 4.78 is 0. The molecule has 3 rings (SSSR count). The van der Waals surface area contributed by atoms with Crippen LogP contribution in [0.15, 0.2) is 66.7 Å². The van der Waals surface area contributed by atoms with Crippen molar-refractivity contribution < 1.29 is 4.79 Å².